The quantitative estimate of drug-likeness (QED) is 0.924. The van der Waals surface area contributed by atoms with Crippen LogP contribution in [0.25, 0.3) is 0 Å². The van der Waals surface area contributed by atoms with Gasteiger partial charge in [-0.3, -0.25) is 4.79 Å². The molecule has 1 aromatic rings. The lowest BCUT2D eigenvalue weighted by Gasteiger charge is -2.25. The Hall–Kier alpha value is -1.22. The molecule has 3 nitrogen and oxygen atoms in total. The van der Waals surface area contributed by atoms with Gasteiger partial charge in [0, 0.05) is 6.04 Å². The minimum absolute atomic E-state index is 0.0394. The van der Waals surface area contributed by atoms with Crippen molar-refractivity contribution in [2.24, 2.45) is 11.8 Å². The molecule has 0 aliphatic heterocycles. The number of nitrogens with one attached hydrogen (secondary N) is 1. The van der Waals surface area contributed by atoms with Gasteiger partial charge in [0.05, 0.1) is 5.02 Å². The highest BCUT2D eigenvalue weighted by Gasteiger charge is 2.40. The summed E-state index contributed by atoms with van der Waals surface area (Å²) in [6, 6.07) is 7.58. The first kappa shape index (κ1) is 13.7. The summed E-state index contributed by atoms with van der Waals surface area (Å²) >= 11 is 6.04. The monoisotopic (exact) mass is 293 g/mol. The van der Waals surface area contributed by atoms with Gasteiger partial charge in [0.25, 0.3) is 5.91 Å². The molecular formula is C16H20ClNO2. The van der Waals surface area contributed by atoms with Crippen LogP contribution in [0.15, 0.2) is 24.3 Å². The van der Waals surface area contributed by atoms with Crippen molar-refractivity contribution in [1.29, 1.82) is 0 Å². The van der Waals surface area contributed by atoms with Gasteiger partial charge >= 0.3 is 0 Å². The van der Waals surface area contributed by atoms with E-state index in [0.29, 0.717) is 22.7 Å². The summed E-state index contributed by atoms with van der Waals surface area (Å²) in [7, 11) is 0. The number of ether oxygens (including phenoxy) is 1. The van der Waals surface area contributed by atoms with E-state index < -0.39 is 6.10 Å². The largest absolute Gasteiger partial charge is 0.479 e. The summed E-state index contributed by atoms with van der Waals surface area (Å²) in [5.74, 6) is 2.02. The SMILES string of the molecule is CC(Oc1ccccc1Cl)C(=O)NC1CC2CCC1C2. The van der Waals surface area contributed by atoms with Crippen LogP contribution in [-0.2, 0) is 4.79 Å². The molecule has 1 amide bonds. The minimum atomic E-state index is -0.519. The first-order chi connectivity index (χ1) is 9.63. The first-order valence-corrected chi connectivity index (χ1v) is 7.73. The van der Waals surface area contributed by atoms with Crippen molar-refractivity contribution < 1.29 is 9.53 Å². The number of carbonyl (C=O) groups excluding carboxylic acids is 1. The number of para-hydroxylation sites is 1. The van der Waals surface area contributed by atoms with Crippen LogP contribution in [0.3, 0.4) is 0 Å². The van der Waals surface area contributed by atoms with E-state index in [1.54, 1.807) is 19.1 Å². The van der Waals surface area contributed by atoms with Gasteiger partial charge in [-0.15, -0.1) is 0 Å². The zero-order valence-electron chi connectivity index (χ0n) is 11.6. The van der Waals surface area contributed by atoms with Crippen molar-refractivity contribution in [3.05, 3.63) is 29.3 Å². The highest BCUT2D eigenvalue weighted by molar-refractivity contribution is 6.32. The molecule has 2 fully saturated rings. The van der Waals surface area contributed by atoms with Crippen LogP contribution in [0.2, 0.25) is 5.02 Å². The molecule has 0 aromatic heterocycles. The molecular weight excluding hydrogens is 274 g/mol. The van der Waals surface area contributed by atoms with Crippen molar-refractivity contribution >= 4 is 17.5 Å². The van der Waals surface area contributed by atoms with E-state index in [-0.39, 0.29) is 5.91 Å². The maximum Gasteiger partial charge on any atom is 0.261 e. The van der Waals surface area contributed by atoms with Crippen LogP contribution in [0.5, 0.6) is 5.75 Å². The van der Waals surface area contributed by atoms with Crippen molar-refractivity contribution in [3.8, 4) is 5.75 Å². The highest BCUT2D eigenvalue weighted by Crippen LogP contribution is 2.44. The summed E-state index contributed by atoms with van der Waals surface area (Å²) in [5, 5.41) is 3.68. The van der Waals surface area contributed by atoms with Crippen LogP contribution < -0.4 is 10.1 Å². The lowest BCUT2D eigenvalue weighted by atomic mass is 9.95. The van der Waals surface area contributed by atoms with Gasteiger partial charge in [0.1, 0.15) is 5.75 Å². The third kappa shape index (κ3) is 2.78. The number of hydrogen-bond acceptors (Lipinski definition) is 2. The number of hydrogen-bond donors (Lipinski definition) is 1. The number of benzene rings is 1. The van der Waals surface area contributed by atoms with Crippen LogP contribution >= 0.6 is 11.6 Å². The standard InChI is InChI=1S/C16H20ClNO2/c1-10(20-15-5-3-2-4-13(15)17)16(19)18-14-9-11-6-7-12(14)8-11/h2-5,10-12,14H,6-9H2,1H3,(H,18,19). The van der Waals surface area contributed by atoms with Gasteiger partial charge in [-0.1, -0.05) is 30.2 Å². The van der Waals surface area contributed by atoms with Crippen molar-refractivity contribution in [3.63, 3.8) is 0 Å². The summed E-state index contributed by atoms with van der Waals surface area (Å²) in [6.07, 6.45) is 4.49. The van der Waals surface area contributed by atoms with Crippen molar-refractivity contribution in [1.82, 2.24) is 5.32 Å². The predicted molar refractivity (Wildman–Crippen MR) is 78.9 cm³/mol. The van der Waals surface area contributed by atoms with E-state index in [1.807, 2.05) is 12.1 Å². The second-order valence-electron chi connectivity index (χ2n) is 5.98. The summed E-state index contributed by atoms with van der Waals surface area (Å²) < 4.78 is 5.65. The molecule has 0 saturated heterocycles. The molecule has 2 aliphatic rings. The van der Waals surface area contributed by atoms with Crippen LogP contribution in [-0.4, -0.2) is 18.1 Å². The topological polar surface area (TPSA) is 38.3 Å². The molecule has 1 N–H and O–H groups in total. The summed E-state index contributed by atoms with van der Waals surface area (Å²) in [5.41, 5.74) is 0. The lowest BCUT2D eigenvalue weighted by Crippen LogP contribution is -2.44. The Morgan fingerprint density at radius 3 is 2.80 bits per heavy atom. The van der Waals surface area contributed by atoms with Gasteiger partial charge < -0.3 is 10.1 Å². The number of fused-ring (bicyclic) bond motifs is 2. The maximum atomic E-state index is 12.2. The Kier molecular flexibility index (Phi) is 3.88. The van der Waals surface area contributed by atoms with Gasteiger partial charge in [-0.25, -0.2) is 0 Å². The van der Waals surface area contributed by atoms with Crippen LogP contribution in [0, 0.1) is 11.8 Å². The maximum absolute atomic E-state index is 12.2. The zero-order valence-corrected chi connectivity index (χ0v) is 12.4. The average Bonchev–Trinajstić information content (AvgIpc) is 3.03. The van der Waals surface area contributed by atoms with E-state index in [0.717, 1.165) is 12.3 Å². The second-order valence-corrected chi connectivity index (χ2v) is 6.39. The first-order valence-electron chi connectivity index (χ1n) is 7.35. The van der Waals surface area contributed by atoms with Gasteiger partial charge in [-0.2, -0.15) is 0 Å². The lowest BCUT2D eigenvalue weighted by molar-refractivity contribution is -0.128. The zero-order chi connectivity index (χ0) is 14.1. The molecule has 4 atom stereocenters. The Balaban J connectivity index is 1.56. The minimum Gasteiger partial charge on any atom is -0.479 e. The number of rotatable bonds is 4. The fourth-order valence-electron chi connectivity index (χ4n) is 3.51. The molecule has 20 heavy (non-hydrogen) atoms. The van der Waals surface area contributed by atoms with Gasteiger partial charge in [0.15, 0.2) is 6.10 Å². The summed E-state index contributed by atoms with van der Waals surface area (Å²) in [4.78, 5) is 12.2. The number of carbonyl (C=O) groups is 1. The molecule has 0 radical (unpaired) electrons. The smallest absolute Gasteiger partial charge is 0.261 e. The molecule has 2 bridgehead atoms. The van der Waals surface area contributed by atoms with E-state index in [4.69, 9.17) is 16.3 Å². The van der Waals surface area contributed by atoms with Crippen LogP contribution in [0.4, 0.5) is 0 Å². The highest BCUT2D eigenvalue weighted by atomic mass is 35.5. The van der Waals surface area contributed by atoms with Crippen LogP contribution in [0.1, 0.15) is 32.6 Å². The second kappa shape index (κ2) is 5.65. The Labute approximate surface area is 124 Å². The number of halogens is 1. The molecule has 4 unspecified atom stereocenters. The van der Waals surface area contributed by atoms with Crippen molar-refractivity contribution in [2.75, 3.05) is 0 Å². The molecule has 1 aromatic carbocycles. The number of amides is 1. The van der Waals surface area contributed by atoms with E-state index in [2.05, 4.69) is 5.32 Å². The van der Waals surface area contributed by atoms with E-state index in [1.165, 1.54) is 19.3 Å². The van der Waals surface area contributed by atoms with E-state index in [9.17, 15) is 4.79 Å². The molecule has 2 saturated carbocycles. The average molecular weight is 294 g/mol. The fourth-order valence-corrected chi connectivity index (χ4v) is 3.69. The molecule has 0 spiro atoms. The van der Waals surface area contributed by atoms with E-state index >= 15 is 0 Å². The molecule has 3 rings (SSSR count). The third-order valence-electron chi connectivity index (χ3n) is 4.58. The molecule has 4 heteroatoms. The van der Waals surface area contributed by atoms with Crippen molar-refractivity contribution in [2.45, 2.75) is 44.8 Å². The Morgan fingerprint density at radius 2 is 2.15 bits per heavy atom. The molecule has 2 aliphatic carbocycles. The fraction of sp³-hybridized carbons (Fsp3) is 0.562. The molecule has 0 heterocycles. The molecule has 108 valence electrons. The normalized spacial score (nSPS) is 29.2. The van der Waals surface area contributed by atoms with Gasteiger partial charge in [-0.05, 0) is 50.2 Å². The van der Waals surface area contributed by atoms with Gasteiger partial charge in [0.2, 0.25) is 0 Å². The predicted octanol–water partition coefficient (Wildman–Crippen LogP) is 3.41. The Bertz CT molecular complexity index is 505. The Morgan fingerprint density at radius 1 is 1.35 bits per heavy atom. The third-order valence-corrected chi connectivity index (χ3v) is 4.89. The summed E-state index contributed by atoms with van der Waals surface area (Å²) in [6.45, 7) is 1.77.